The van der Waals surface area contributed by atoms with Gasteiger partial charge in [0.1, 0.15) is 6.10 Å². The molecule has 118 valence electrons. The molecule has 2 rings (SSSR count). The van der Waals surface area contributed by atoms with Crippen LogP contribution in [0.4, 0.5) is 0 Å². The van der Waals surface area contributed by atoms with Gasteiger partial charge in [-0.2, -0.15) is 0 Å². The first-order valence-electron chi connectivity index (χ1n) is 7.30. The Balaban J connectivity index is 2.25. The van der Waals surface area contributed by atoms with Gasteiger partial charge in [-0.1, -0.05) is 67.0 Å². The Labute approximate surface area is 140 Å². The third-order valence-corrected chi connectivity index (χ3v) is 4.59. The van der Waals surface area contributed by atoms with Crippen LogP contribution in [0.2, 0.25) is 0 Å². The molecule has 0 aliphatic heterocycles. The molecule has 0 spiro atoms. The van der Waals surface area contributed by atoms with Crippen LogP contribution in [0.1, 0.15) is 54.2 Å². The molecule has 4 heteroatoms. The van der Waals surface area contributed by atoms with E-state index in [2.05, 4.69) is 25.8 Å². The second kappa shape index (κ2) is 6.90. The monoisotopic (exact) mass is 363 g/mol. The maximum atomic E-state index is 9.18. The Morgan fingerprint density at radius 3 is 2.14 bits per heavy atom. The normalized spacial score (nSPS) is 14.6. The van der Waals surface area contributed by atoms with E-state index < -0.39 is 0 Å². The molecule has 1 aromatic carbocycles. The van der Waals surface area contributed by atoms with Gasteiger partial charge in [0.05, 0.1) is 10.5 Å². The molecule has 1 aromatic heterocycles. The molecule has 0 saturated carbocycles. The van der Waals surface area contributed by atoms with Crippen LogP contribution in [-0.2, 0) is 4.89 Å². The number of benzene rings is 1. The zero-order chi connectivity index (χ0) is 16.3. The van der Waals surface area contributed by atoms with Crippen molar-refractivity contribution in [2.75, 3.05) is 0 Å². The molecule has 2 atom stereocenters. The molecule has 22 heavy (non-hydrogen) atoms. The lowest BCUT2D eigenvalue weighted by Crippen LogP contribution is -2.20. The third kappa shape index (κ3) is 3.94. The fourth-order valence-corrected chi connectivity index (χ4v) is 2.99. The van der Waals surface area contributed by atoms with Crippen LogP contribution < -0.4 is 0 Å². The van der Waals surface area contributed by atoms with E-state index in [0.717, 1.165) is 22.5 Å². The minimum atomic E-state index is -0.354. The highest BCUT2D eigenvalue weighted by molar-refractivity contribution is 9.09. The van der Waals surface area contributed by atoms with Gasteiger partial charge in [-0.05, 0) is 35.6 Å². The number of nitrogens with zero attached hydrogens (tertiary/aromatic N) is 1. The molecule has 1 N–H and O–H groups in total. The lowest BCUT2D eigenvalue weighted by Gasteiger charge is -2.28. The van der Waals surface area contributed by atoms with Crippen LogP contribution in [0.15, 0.2) is 42.5 Å². The average Bonchev–Trinajstić information content (AvgIpc) is 2.46. The van der Waals surface area contributed by atoms with Crippen LogP contribution in [-0.4, -0.2) is 10.2 Å². The van der Waals surface area contributed by atoms with E-state index in [-0.39, 0.29) is 16.3 Å². The largest absolute Gasteiger partial charge is 0.257 e. The first-order chi connectivity index (χ1) is 10.3. The second-order valence-corrected chi connectivity index (χ2v) is 7.50. The van der Waals surface area contributed by atoms with Crippen molar-refractivity contribution in [1.82, 2.24) is 4.98 Å². The van der Waals surface area contributed by atoms with Crippen molar-refractivity contribution in [2.45, 2.75) is 38.6 Å². The number of pyridine rings is 1. The number of rotatable bonds is 4. The molecule has 2 unspecified atom stereocenters. The standard InChI is InChI=1S/C18H22BrNO2/c1-12-6-5-7-15(20-12)16(19)13-8-10-14(11-9-13)17(22-21)18(2,3)4/h5-11,16-17,21H,1-4H3. The van der Waals surface area contributed by atoms with Crippen molar-refractivity contribution in [3.63, 3.8) is 0 Å². The summed E-state index contributed by atoms with van der Waals surface area (Å²) in [4.78, 5) is 9.27. The van der Waals surface area contributed by atoms with Gasteiger partial charge in [-0.25, -0.2) is 4.89 Å². The van der Waals surface area contributed by atoms with Gasteiger partial charge in [0, 0.05) is 5.69 Å². The topological polar surface area (TPSA) is 42.4 Å². The lowest BCUT2D eigenvalue weighted by atomic mass is 9.84. The maximum Gasteiger partial charge on any atom is 0.122 e. The minimum absolute atomic E-state index is 0.0459. The quantitative estimate of drug-likeness (QED) is 0.446. The van der Waals surface area contributed by atoms with Gasteiger partial charge < -0.3 is 0 Å². The molecule has 2 aromatic rings. The Morgan fingerprint density at radius 1 is 1.05 bits per heavy atom. The molecular formula is C18H22BrNO2. The van der Waals surface area contributed by atoms with Gasteiger partial charge in [-0.15, -0.1) is 0 Å². The summed E-state index contributed by atoms with van der Waals surface area (Å²) in [7, 11) is 0. The molecule has 0 aliphatic carbocycles. The predicted molar refractivity (Wildman–Crippen MR) is 92.1 cm³/mol. The van der Waals surface area contributed by atoms with Crippen molar-refractivity contribution >= 4 is 15.9 Å². The number of aryl methyl sites for hydroxylation is 1. The first kappa shape index (κ1) is 17.1. The zero-order valence-corrected chi connectivity index (χ0v) is 15.0. The van der Waals surface area contributed by atoms with Gasteiger partial charge in [-0.3, -0.25) is 10.2 Å². The van der Waals surface area contributed by atoms with Crippen LogP contribution in [0.3, 0.4) is 0 Å². The van der Waals surface area contributed by atoms with Crippen LogP contribution in [0.5, 0.6) is 0 Å². The number of hydrogen-bond donors (Lipinski definition) is 1. The summed E-state index contributed by atoms with van der Waals surface area (Å²) in [6.07, 6.45) is -0.354. The average molecular weight is 364 g/mol. The van der Waals surface area contributed by atoms with Crippen molar-refractivity contribution in [2.24, 2.45) is 5.41 Å². The summed E-state index contributed by atoms with van der Waals surface area (Å²) in [5, 5.41) is 9.18. The smallest absolute Gasteiger partial charge is 0.122 e. The van der Waals surface area contributed by atoms with E-state index in [1.165, 1.54) is 0 Å². The maximum absolute atomic E-state index is 9.18. The molecule has 0 aliphatic rings. The van der Waals surface area contributed by atoms with Crippen LogP contribution in [0.25, 0.3) is 0 Å². The lowest BCUT2D eigenvalue weighted by molar-refractivity contribution is -0.303. The number of alkyl halides is 1. The van der Waals surface area contributed by atoms with E-state index in [9.17, 15) is 5.26 Å². The molecule has 0 radical (unpaired) electrons. The second-order valence-electron chi connectivity index (χ2n) is 6.58. The molecular weight excluding hydrogens is 342 g/mol. The number of aromatic nitrogens is 1. The summed E-state index contributed by atoms with van der Waals surface area (Å²) in [6.45, 7) is 8.09. The fraction of sp³-hybridized carbons (Fsp3) is 0.389. The molecule has 0 amide bonds. The van der Waals surface area contributed by atoms with E-state index in [4.69, 9.17) is 0 Å². The molecule has 3 nitrogen and oxygen atoms in total. The van der Waals surface area contributed by atoms with Crippen molar-refractivity contribution in [1.29, 1.82) is 0 Å². The molecule has 0 saturated heterocycles. The summed E-state index contributed by atoms with van der Waals surface area (Å²) in [5.74, 6) is 0. The first-order valence-corrected chi connectivity index (χ1v) is 8.22. The SMILES string of the molecule is Cc1cccc(C(Br)c2ccc(C(OO)C(C)(C)C)cc2)n1. The Kier molecular flexibility index (Phi) is 5.37. The summed E-state index contributed by atoms with van der Waals surface area (Å²) >= 11 is 3.70. The summed E-state index contributed by atoms with van der Waals surface area (Å²) in [6, 6.07) is 14.1. The highest BCUT2D eigenvalue weighted by atomic mass is 79.9. The van der Waals surface area contributed by atoms with E-state index >= 15 is 0 Å². The van der Waals surface area contributed by atoms with Gasteiger partial charge in [0.25, 0.3) is 0 Å². The Hall–Kier alpha value is -1.23. The van der Waals surface area contributed by atoms with Gasteiger partial charge in [0.2, 0.25) is 0 Å². The van der Waals surface area contributed by atoms with Crippen LogP contribution >= 0.6 is 15.9 Å². The Morgan fingerprint density at radius 2 is 1.64 bits per heavy atom. The highest BCUT2D eigenvalue weighted by Crippen LogP contribution is 2.37. The van der Waals surface area contributed by atoms with Gasteiger partial charge in [0.15, 0.2) is 0 Å². The third-order valence-electron chi connectivity index (χ3n) is 3.59. The summed E-state index contributed by atoms with van der Waals surface area (Å²) < 4.78 is 0. The molecule has 0 fully saturated rings. The number of halogens is 1. The Bertz CT molecular complexity index is 620. The highest BCUT2D eigenvalue weighted by Gasteiger charge is 2.27. The van der Waals surface area contributed by atoms with Crippen molar-refractivity contribution in [3.05, 3.63) is 65.0 Å². The molecule has 0 bridgehead atoms. The van der Waals surface area contributed by atoms with Crippen LogP contribution in [0, 0.1) is 12.3 Å². The van der Waals surface area contributed by atoms with E-state index in [1.54, 1.807) is 0 Å². The van der Waals surface area contributed by atoms with Gasteiger partial charge >= 0.3 is 0 Å². The zero-order valence-electron chi connectivity index (χ0n) is 13.4. The number of hydrogen-bond acceptors (Lipinski definition) is 3. The van der Waals surface area contributed by atoms with E-state index in [0.29, 0.717) is 0 Å². The van der Waals surface area contributed by atoms with Crippen molar-refractivity contribution in [3.8, 4) is 0 Å². The predicted octanol–water partition coefficient (Wildman–Crippen LogP) is 5.45. The minimum Gasteiger partial charge on any atom is -0.257 e. The van der Waals surface area contributed by atoms with E-state index in [1.807, 2.05) is 70.2 Å². The molecule has 1 heterocycles. The summed E-state index contributed by atoms with van der Waals surface area (Å²) in [5.41, 5.74) is 3.88. The van der Waals surface area contributed by atoms with Crippen molar-refractivity contribution < 1.29 is 10.1 Å². The fourth-order valence-electron chi connectivity index (χ4n) is 2.43.